The van der Waals surface area contributed by atoms with Gasteiger partial charge < -0.3 is 10.6 Å². The molecule has 1 atom stereocenters. The van der Waals surface area contributed by atoms with Gasteiger partial charge in [-0.05, 0) is 49.4 Å². The number of carbonyl (C=O) groups is 1. The predicted octanol–water partition coefficient (Wildman–Crippen LogP) is 4.79. The Hall–Kier alpha value is -0.850. The normalized spacial score (nSPS) is 20.5. The van der Waals surface area contributed by atoms with E-state index in [1.165, 1.54) is 11.3 Å². The van der Waals surface area contributed by atoms with Gasteiger partial charge in [-0.2, -0.15) is 0 Å². The number of rotatable bonds is 4. The summed E-state index contributed by atoms with van der Waals surface area (Å²) in [6, 6.07) is 5.62. The van der Waals surface area contributed by atoms with Crippen LogP contribution in [0.1, 0.15) is 29.7 Å². The van der Waals surface area contributed by atoms with Crippen molar-refractivity contribution >= 4 is 58.0 Å². The fraction of sp³-hybridized carbons (Fsp3) is 0.444. The fourth-order valence-electron chi connectivity index (χ4n) is 3.71. The van der Waals surface area contributed by atoms with Crippen LogP contribution in [0.4, 0.5) is 5.13 Å². The molecule has 1 saturated carbocycles. The standard InChI is InChI=1S/C18H19Cl2N3OS.ClH/c19-14-3-1-2-11(15(14)20)8-12-10-22-17(25-12)23-16(24)13-9-18(13)4-6-21-7-5-18;/h1-3,10,13,21H,4-9H2,(H,22,23,24);1H. The molecule has 2 N–H and O–H groups in total. The first kappa shape index (κ1) is 19.9. The summed E-state index contributed by atoms with van der Waals surface area (Å²) >= 11 is 13.8. The molecule has 2 aliphatic rings. The van der Waals surface area contributed by atoms with E-state index in [9.17, 15) is 4.79 Å². The lowest BCUT2D eigenvalue weighted by atomic mass is 9.92. The van der Waals surface area contributed by atoms with Gasteiger partial charge in [0.05, 0.1) is 10.0 Å². The summed E-state index contributed by atoms with van der Waals surface area (Å²) in [4.78, 5) is 17.9. The fourth-order valence-corrected chi connectivity index (χ4v) is 4.93. The Balaban J connectivity index is 0.00000196. The number of hydrogen-bond acceptors (Lipinski definition) is 4. The first-order valence-corrected chi connectivity index (χ1v) is 10.0. The highest BCUT2D eigenvalue weighted by Gasteiger charge is 2.57. The van der Waals surface area contributed by atoms with E-state index in [0.717, 1.165) is 42.8 Å². The second-order valence-corrected chi connectivity index (χ2v) is 8.78. The number of hydrogen-bond donors (Lipinski definition) is 2. The van der Waals surface area contributed by atoms with Crippen LogP contribution in [0.15, 0.2) is 24.4 Å². The maximum absolute atomic E-state index is 12.5. The van der Waals surface area contributed by atoms with Gasteiger partial charge in [-0.15, -0.1) is 23.7 Å². The van der Waals surface area contributed by atoms with Crippen LogP contribution in [-0.2, 0) is 11.2 Å². The minimum atomic E-state index is 0. The lowest BCUT2D eigenvalue weighted by Crippen LogP contribution is -2.31. The topological polar surface area (TPSA) is 54.0 Å². The van der Waals surface area contributed by atoms with Crippen molar-refractivity contribution < 1.29 is 4.79 Å². The third-order valence-corrected chi connectivity index (χ3v) is 7.06. The maximum Gasteiger partial charge on any atom is 0.229 e. The largest absolute Gasteiger partial charge is 0.317 e. The summed E-state index contributed by atoms with van der Waals surface area (Å²) in [6.07, 6.45) is 5.66. The van der Waals surface area contributed by atoms with Crippen molar-refractivity contribution in [3.05, 3.63) is 44.9 Å². The number of halogens is 3. The van der Waals surface area contributed by atoms with Crippen LogP contribution < -0.4 is 10.6 Å². The third-order valence-electron chi connectivity index (χ3n) is 5.29. The lowest BCUT2D eigenvalue weighted by Gasteiger charge is -2.22. The number of thiazole rings is 1. The summed E-state index contributed by atoms with van der Waals surface area (Å²) < 4.78 is 0. The van der Waals surface area contributed by atoms with E-state index < -0.39 is 0 Å². The number of aromatic nitrogens is 1. The van der Waals surface area contributed by atoms with Gasteiger partial charge in [0.2, 0.25) is 5.91 Å². The number of anilines is 1. The zero-order valence-electron chi connectivity index (χ0n) is 14.1. The lowest BCUT2D eigenvalue weighted by molar-refractivity contribution is -0.118. The van der Waals surface area contributed by atoms with Gasteiger partial charge in [-0.1, -0.05) is 35.3 Å². The van der Waals surface area contributed by atoms with Gasteiger partial charge in [0.15, 0.2) is 5.13 Å². The molecule has 1 aromatic carbocycles. The van der Waals surface area contributed by atoms with Crippen LogP contribution in [0.5, 0.6) is 0 Å². The van der Waals surface area contributed by atoms with Crippen molar-refractivity contribution in [1.82, 2.24) is 10.3 Å². The van der Waals surface area contributed by atoms with Gasteiger partial charge in [-0.25, -0.2) is 4.98 Å². The number of piperidine rings is 1. The first-order valence-electron chi connectivity index (χ1n) is 8.47. The minimum Gasteiger partial charge on any atom is -0.317 e. The van der Waals surface area contributed by atoms with E-state index in [1.54, 1.807) is 12.3 Å². The van der Waals surface area contributed by atoms with E-state index in [0.29, 0.717) is 21.6 Å². The van der Waals surface area contributed by atoms with Gasteiger partial charge in [0.1, 0.15) is 0 Å². The molecule has 4 nitrogen and oxygen atoms in total. The molecule has 140 valence electrons. The Morgan fingerprint density at radius 1 is 1.35 bits per heavy atom. The minimum absolute atomic E-state index is 0. The van der Waals surface area contributed by atoms with Crippen LogP contribution >= 0.6 is 46.9 Å². The van der Waals surface area contributed by atoms with Crippen molar-refractivity contribution in [3.8, 4) is 0 Å². The van der Waals surface area contributed by atoms with Crippen molar-refractivity contribution in [3.63, 3.8) is 0 Å². The average Bonchev–Trinajstić information content (AvgIpc) is 3.11. The number of nitrogens with one attached hydrogen (secondary N) is 2. The quantitative estimate of drug-likeness (QED) is 0.730. The molecule has 0 radical (unpaired) electrons. The monoisotopic (exact) mass is 431 g/mol. The molecule has 8 heteroatoms. The number of carbonyl (C=O) groups excluding carboxylic acids is 1. The highest BCUT2D eigenvalue weighted by Crippen LogP contribution is 2.58. The van der Waals surface area contributed by atoms with Crippen LogP contribution in [0.3, 0.4) is 0 Å². The molecule has 1 spiro atoms. The first-order chi connectivity index (χ1) is 12.1. The summed E-state index contributed by atoms with van der Waals surface area (Å²) in [5.74, 6) is 0.257. The molecule has 2 aromatic rings. The Morgan fingerprint density at radius 3 is 2.88 bits per heavy atom. The third kappa shape index (κ3) is 4.02. The van der Waals surface area contributed by atoms with Crippen molar-refractivity contribution in [1.29, 1.82) is 0 Å². The summed E-state index contributed by atoms with van der Waals surface area (Å²) in [5.41, 5.74) is 1.20. The Labute approximate surface area is 173 Å². The molecule has 2 fully saturated rings. The van der Waals surface area contributed by atoms with Crippen molar-refractivity contribution in [2.24, 2.45) is 11.3 Å². The van der Waals surface area contributed by atoms with Gasteiger partial charge in [-0.3, -0.25) is 4.79 Å². The highest BCUT2D eigenvalue weighted by molar-refractivity contribution is 7.15. The predicted molar refractivity (Wildman–Crippen MR) is 110 cm³/mol. The molecule has 1 saturated heterocycles. The molecular weight excluding hydrogens is 413 g/mol. The molecule has 1 aliphatic carbocycles. The number of nitrogens with zero attached hydrogens (tertiary/aromatic N) is 1. The number of amides is 1. The average molecular weight is 433 g/mol. The van der Waals surface area contributed by atoms with E-state index in [-0.39, 0.29) is 29.6 Å². The van der Waals surface area contributed by atoms with Gasteiger partial charge >= 0.3 is 0 Å². The molecule has 2 heterocycles. The summed E-state index contributed by atoms with van der Waals surface area (Å²) in [7, 11) is 0. The molecular formula is C18H20Cl3N3OS. The Morgan fingerprint density at radius 2 is 2.12 bits per heavy atom. The SMILES string of the molecule is Cl.O=C(Nc1ncc(Cc2cccc(Cl)c2Cl)s1)C1CC12CCNCC2. The maximum atomic E-state index is 12.5. The summed E-state index contributed by atoms with van der Waals surface area (Å²) in [5, 5.41) is 8.15. The zero-order chi connectivity index (χ0) is 17.4. The van der Waals surface area contributed by atoms with Gasteiger partial charge in [0, 0.05) is 23.4 Å². The van der Waals surface area contributed by atoms with Crippen LogP contribution in [-0.4, -0.2) is 24.0 Å². The van der Waals surface area contributed by atoms with E-state index in [1.807, 2.05) is 12.1 Å². The van der Waals surface area contributed by atoms with Gasteiger partial charge in [0.25, 0.3) is 0 Å². The second-order valence-electron chi connectivity index (χ2n) is 6.88. The van der Waals surface area contributed by atoms with Crippen LogP contribution in [0.2, 0.25) is 10.0 Å². The number of benzene rings is 1. The van der Waals surface area contributed by atoms with E-state index >= 15 is 0 Å². The Bertz CT molecular complexity index is 805. The Kier molecular flexibility index (Phi) is 6.14. The zero-order valence-corrected chi connectivity index (χ0v) is 17.2. The van der Waals surface area contributed by atoms with Crippen LogP contribution in [0, 0.1) is 11.3 Å². The smallest absolute Gasteiger partial charge is 0.229 e. The molecule has 1 aromatic heterocycles. The van der Waals surface area contributed by atoms with Crippen LogP contribution in [0.25, 0.3) is 0 Å². The molecule has 1 amide bonds. The molecule has 1 aliphatic heterocycles. The molecule has 1 unspecified atom stereocenters. The molecule has 4 rings (SSSR count). The molecule has 0 bridgehead atoms. The second kappa shape index (κ2) is 8.03. The molecule has 26 heavy (non-hydrogen) atoms. The van der Waals surface area contributed by atoms with E-state index in [2.05, 4.69) is 15.6 Å². The summed E-state index contributed by atoms with van der Waals surface area (Å²) in [6.45, 7) is 2.04. The van der Waals surface area contributed by atoms with Crippen molar-refractivity contribution in [2.75, 3.05) is 18.4 Å². The van der Waals surface area contributed by atoms with E-state index in [4.69, 9.17) is 23.2 Å². The highest BCUT2D eigenvalue weighted by atomic mass is 35.5. The van der Waals surface area contributed by atoms with Crippen molar-refractivity contribution in [2.45, 2.75) is 25.7 Å².